The van der Waals surface area contributed by atoms with Crippen LogP contribution in [0, 0.1) is 0 Å². The van der Waals surface area contributed by atoms with Crippen LogP contribution in [0.5, 0.6) is 0 Å². The lowest BCUT2D eigenvalue weighted by molar-refractivity contribution is 0.941. The quantitative estimate of drug-likeness (QED) is 0.704. The summed E-state index contributed by atoms with van der Waals surface area (Å²) < 4.78 is 0. The van der Waals surface area contributed by atoms with E-state index in [9.17, 15) is 0 Å². The topological polar surface area (TPSA) is 79.4 Å². The summed E-state index contributed by atoms with van der Waals surface area (Å²) in [5, 5.41) is 4.23. The number of aromatic nitrogens is 5. The van der Waals surface area contributed by atoms with E-state index in [-0.39, 0.29) is 5.28 Å². The molecule has 3 rings (SSSR count). The number of H-pyrrole nitrogens is 1. The fourth-order valence-electron chi connectivity index (χ4n) is 1.63. The molecule has 0 saturated heterocycles. The number of nitrogens with zero attached hydrogens (tertiary/aromatic N) is 4. The van der Waals surface area contributed by atoms with Gasteiger partial charge in [0.1, 0.15) is 17.3 Å². The van der Waals surface area contributed by atoms with Crippen molar-refractivity contribution >= 4 is 28.5 Å². The fraction of sp³-hybridized carbons (Fsp3) is 0.0909. The zero-order chi connectivity index (χ0) is 12.4. The van der Waals surface area contributed by atoms with Crippen LogP contribution in [-0.4, -0.2) is 24.9 Å². The minimum absolute atomic E-state index is 0.196. The van der Waals surface area contributed by atoms with E-state index in [1.165, 1.54) is 0 Å². The second-order valence-corrected chi connectivity index (χ2v) is 3.94. The summed E-state index contributed by atoms with van der Waals surface area (Å²) in [6.07, 6.45) is 5.19. The fourth-order valence-corrected chi connectivity index (χ4v) is 1.80. The molecule has 2 N–H and O–H groups in total. The van der Waals surface area contributed by atoms with Gasteiger partial charge in [0.2, 0.25) is 5.28 Å². The second kappa shape index (κ2) is 4.58. The number of nitrogens with one attached hydrogen (secondary N) is 2. The van der Waals surface area contributed by atoms with Crippen molar-refractivity contribution in [2.75, 3.05) is 5.32 Å². The van der Waals surface area contributed by atoms with E-state index in [0.29, 0.717) is 23.8 Å². The molecule has 0 saturated carbocycles. The van der Waals surface area contributed by atoms with Gasteiger partial charge in [0, 0.05) is 18.6 Å². The summed E-state index contributed by atoms with van der Waals surface area (Å²) in [4.78, 5) is 19.5. The molecule has 0 amide bonds. The van der Waals surface area contributed by atoms with Crippen LogP contribution in [0.1, 0.15) is 5.82 Å². The van der Waals surface area contributed by atoms with Crippen molar-refractivity contribution in [2.24, 2.45) is 0 Å². The van der Waals surface area contributed by atoms with Gasteiger partial charge in [0.15, 0.2) is 0 Å². The summed E-state index contributed by atoms with van der Waals surface area (Å²) in [6.45, 7) is 0.481. The maximum absolute atomic E-state index is 5.85. The Balaban J connectivity index is 1.88. The highest BCUT2D eigenvalue weighted by Crippen LogP contribution is 2.21. The third-order valence-corrected chi connectivity index (χ3v) is 2.59. The molecule has 0 fully saturated rings. The molecule has 0 atom stereocenters. The molecule has 0 aliphatic carbocycles. The molecule has 3 aromatic heterocycles. The van der Waals surface area contributed by atoms with Crippen LogP contribution in [0.4, 0.5) is 5.82 Å². The summed E-state index contributed by atoms with van der Waals surface area (Å²) in [5.74, 6) is 1.36. The Morgan fingerprint density at radius 1 is 1.22 bits per heavy atom. The van der Waals surface area contributed by atoms with E-state index in [4.69, 9.17) is 11.6 Å². The molecular weight excluding hydrogens is 252 g/mol. The highest BCUT2D eigenvalue weighted by Gasteiger charge is 2.07. The maximum Gasteiger partial charge on any atom is 0.226 e. The summed E-state index contributed by atoms with van der Waals surface area (Å²) in [6, 6.07) is 3.66. The van der Waals surface area contributed by atoms with Crippen molar-refractivity contribution < 1.29 is 0 Å². The van der Waals surface area contributed by atoms with E-state index in [1.807, 2.05) is 6.07 Å². The lowest BCUT2D eigenvalue weighted by atomic mass is 10.3. The molecule has 0 aliphatic heterocycles. The number of hydrogen-bond acceptors (Lipinski definition) is 5. The minimum atomic E-state index is 0.196. The van der Waals surface area contributed by atoms with Gasteiger partial charge in [-0.05, 0) is 23.7 Å². The average Bonchev–Trinajstić information content (AvgIpc) is 2.85. The van der Waals surface area contributed by atoms with Gasteiger partial charge in [-0.1, -0.05) is 0 Å². The molecule has 0 spiro atoms. The van der Waals surface area contributed by atoms with Gasteiger partial charge in [-0.25, -0.2) is 15.0 Å². The predicted molar refractivity (Wildman–Crippen MR) is 68.3 cm³/mol. The molecule has 0 radical (unpaired) electrons. The van der Waals surface area contributed by atoms with E-state index < -0.39 is 0 Å². The molecule has 3 heterocycles. The smallest absolute Gasteiger partial charge is 0.226 e. The highest BCUT2D eigenvalue weighted by molar-refractivity contribution is 6.28. The Hall–Kier alpha value is -2.21. The lowest BCUT2D eigenvalue weighted by Gasteiger charge is -2.05. The van der Waals surface area contributed by atoms with Gasteiger partial charge in [0.25, 0.3) is 0 Å². The van der Waals surface area contributed by atoms with Crippen molar-refractivity contribution in [3.63, 3.8) is 0 Å². The first kappa shape index (κ1) is 10.9. The summed E-state index contributed by atoms with van der Waals surface area (Å²) >= 11 is 5.85. The molecular formula is C11H9ClN6. The van der Waals surface area contributed by atoms with Gasteiger partial charge in [-0.2, -0.15) is 4.98 Å². The van der Waals surface area contributed by atoms with E-state index in [1.54, 1.807) is 24.7 Å². The van der Waals surface area contributed by atoms with Crippen molar-refractivity contribution in [1.82, 2.24) is 24.9 Å². The van der Waals surface area contributed by atoms with Gasteiger partial charge < -0.3 is 10.3 Å². The number of halogens is 1. The summed E-state index contributed by atoms with van der Waals surface area (Å²) in [5.41, 5.74) is 0.700. The predicted octanol–water partition coefficient (Wildman–Crippen LogP) is 2.01. The lowest BCUT2D eigenvalue weighted by Crippen LogP contribution is -2.05. The zero-order valence-corrected chi connectivity index (χ0v) is 10.0. The number of anilines is 1. The standard InChI is InChI=1S/C11H9ClN6/c12-11-17-9-7(2-5-15-9)10(18-11)16-6-8-13-3-1-4-14-8/h1-5H,6H2,(H2,15,16,17,18). The van der Waals surface area contributed by atoms with Crippen molar-refractivity contribution in [3.8, 4) is 0 Å². The normalized spacial score (nSPS) is 10.7. The molecule has 0 bridgehead atoms. The minimum Gasteiger partial charge on any atom is -0.362 e. The molecule has 18 heavy (non-hydrogen) atoms. The molecule has 0 aromatic carbocycles. The van der Waals surface area contributed by atoms with Crippen LogP contribution in [0.25, 0.3) is 11.0 Å². The van der Waals surface area contributed by atoms with Crippen LogP contribution in [0.15, 0.2) is 30.7 Å². The Bertz CT molecular complexity index is 666. The first-order valence-corrected chi connectivity index (χ1v) is 5.71. The number of rotatable bonds is 3. The highest BCUT2D eigenvalue weighted by atomic mass is 35.5. The van der Waals surface area contributed by atoms with Crippen LogP contribution in [-0.2, 0) is 6.54 Å². The number of fused-ring (bicyclic) bond motifs is 1. The van der Waals surface area contributed by atoms with Crippen LogP contribution >= 0.6 is 11.6 Å². The van der Waals surface area contributed by atoms with Gasteiger partial charge >= 0.3 is 0 Å². The second-order valence-electron chi connectivity index (χ2n) is 3.60. The Kier molecular flexibility index (Phi) is 2.77. The average molecular weight is 261 g/mol. The van der Waals surface area contributed by atoms with Gasteiger partial charge in [-0.3, -0.25) is 0 Å². The Morgan fingerprint density at radius 2 is 2.06 bits per heavy atom. The first-order chi connectivity index (χ1) is 8.83. The molecule has 7 heteroatoms. The monoisotopic (exact) mass is 260 g/mol. The number of hydrogen-bond donors (Lipinski definition) is 2. The molecule has 90 valence electrons. The summed E-state index contributed by atoms with van der Waals surface area (Å²) in [7, 11) is 0. The van der Waals surface area contributed by atoms with E-state index >= 15 is 0 Å². The zero-order valence-electron chi connectivity index (χ0n) is 9.26. The van der Waals surface area contributed by atoms with E-state index in [0.717, 1.165) is 5.39 Å². The van der Waals surface area contributed by atoms with E-state index in [2.05, 4.69) is 30.2 Å². The first-order valence-electron chi connectivity index (χ1n) is 5.33. The molecule has 3 aromatic rings. The third kappa shape index (κ3) is 2.10. The Morgan fingerprint density at radius 3 is 2.89 bits per heavy atom. The van der Waals surface area contributed by atoms with Crippen LogP contribution in [0.2, 0.25) is 5.28 Å². The van der Waals surface area contributed by atoms with Gasteiger partial charge in [-0.15, -0.1) is 0 Å². The Labute approximate surface area is 107 Å². The number of aromatic amines is 1. The third-order valence-electron chi connectivity index (χ3n) is 2.42. The van der Waals surface area contributed by atoms with Crippen LogP contribution < -0.4 is 5.32 Å². The van der Waals surface area contributed by atoms with Crippen molar-refractivity contribution in [1.29, 1.82) is 0 Å². The molecule has 0 unspecified atom stereocenters. The van der Waals surface area contributed by atoms with Crippen molar-refractivity contribution in [3.05, 3.63) is 41.8 Å². The largest absolute Gasteiger partial charge is 0.362 e. The van der Waals surface area contributed by atoms with Gasteiger partial charge in [0.05, 0.1) is 11.9 Å². The maximum atomic E-state index is 5.85. The van der Waals surface area contributed by atoms with Crippen LogP contribution in [0.3, 0.4) is 0 Å². The molecule has 0 aliphatic rings. The molecule has 6 nitrogen and oxygen atoms in total. The van der Waals surface area contributed by atoms with Crippen molar-refractivity contribution in [2.45, 2.75) is 6.54 Å². The SMILES string of the molecule is Clc1nc(NCc2ncccn2)c2cc[nH]c2n1.